The molecule has 3 heteroatoms. The van der Waals surface area contributed by atoms with Gasteiger partial charge in [0, 0.05) is 17.1 Å². The van der Waals surface area contributed by atoms with Crippen LogP contribution in [0.2, 0.25) is 0 Å². The molecule has 3 rings (SSSR count). The molecule has 1 atom stereocenters. The Kier molecular flexibility index (Phi) is 3.59. The summed E-state index contributed by atoms with van der Waals surface area (Å²) < 4.78 is 5.11. The van der Waals surface area contributed by atoms with E-state index in [9.17, 15) is 4.79 Å². The Bertz CT molecular complexity index is 654. The Hall–Kier alpha value is -2.03. The van der Waals surface area contributed by atoms with Crippen LogP contribution < -0.4 is 0 Å². The van der Waals surface area contributed by atoms with Gasteiger partial charge in [0.1, 0.15) is 0 Å². The van der Waals surface area contributed by atoms with Crippen LogP contribution in [-0.4, -0.2) is 17.6 Å². The number of fused-ring (bicyclic) bond motifs is 1. The van der Waals surface area contributed by atoms with E-state index < -0.39 is 0 Å². The number of allylic oxidation sites excluding steroid dienone is 2. The molecular weight excluding hydrogens is 250 g/mol. The van der Waals surface area contributed by atoms with Crippen molar-refractivity contribution in [1.29, 1.82) is 0 Å². The molecule has 0 spiro atoms. The number of ether oxygens (including phenoxy) is 1. The molecule has 1 aromatic carbocycles. The maximum absolute atomic E-state index is 11.8. The summed E-state index contributed by atoms with van der Waals surface area (Å²) in [5.41, 5.74) is 3.79. The molecule has 0 saturated heterocycles. The molecule has 1 aromatic heterocycles. The Morgan fingerprint density at radius 2 is 2.30 bits per heavy atom. The number of H-pyrrole nitrogens is 1. The van der Waals surface area contributed by atoms with Crippen molar-refractivity contribution >= 4 is 22.4 Å². The van der Waals surface area contributed by atoms with Crippen molar-refractivity contribution in [3.63, 3.8) is 0 Å². The number of aromatic nitrogens is 1. The molecule has 0 fully saturated rings. The van der Waals surface area contributed by atoms with Gasteiger partial charge in [-0.3, -0.25) is 4.79 Å². The van der Waals surface area contributed by atoms with Crippen molar-refractivity contribution < 1.29 is 9.53 Å². The fourth-order valence-corrected chi connectivity index (χ4v) is 2.92. The Balaban J connectivity index is 1.83. The Morgan fingerprint density at radius 3 is 3.05 bits per heavy atom. The van der Waals surface area contributed by atoms with Crippen LogP contribution in [0.5, 0.6) is 0 Å². The maximum atomic E-state index is 11.8. The van der Waals surface area contributed by atoms with Crippen molar-refractivity contribution in [3.8, 4) is 0 Å². The van der Waals surface area contributed by atoms with Crippen molar-refractivity contribution in [1.82, 2.24) is 4.98 Å². The summed E-state index contributed by atoms with van der Waals surface area (Å²) in [6.07, 6.45) is 6.78. The highest BCUT2D eigenvalue weighted by Gasteiger charge is 2.23. The Labute approximate surface area is 118 Å². The molecule has 1 unspecified atom stereocenters. The van der Waals surface area contributed by atoms with Gasteiger partial charge in [-0.05, 0) is 49.5 Å². The predicted octanol–water partition coefficient (Wildman–Crippen LogP) is 3.91. The number of esters is 1. The molecule has 104 valence electrons. The first-order valence-corrected chi connectivity index (χ1v) is 7.21. The molecule has 1 heterocycles. The highest BCUT2D eigenvalue weighted by atomic mass is 16.5. The summed E-state index contributed by atoms with van der Waals surface area (Å²) in [5, 5.41) is 1.26. The molecule has 3 nitrogen and oxygen atoms in total. The largest absolute Gasteiger partial charge is 0.466 e. The summed E-state index contributed by atoms with van der Waals surface area (Å²) in [7, 11) is 0. The van der Waals surface area contributed by atoms with Crippen molar-refractivity contribution in [2.75, 3.05) is 6.61 Å². The number of hydrogen-bond acceptors (Lipinski definition) is 2. The van der Waals surface area contributed by atoms with Gasteiger partial charge in [0.05, 0.1) is 12.5 Å². The third kappa shape index (κ3) is 2.36. The van der Waals surface area contributed by atoms with E-state index in [1.807, 2.05) is 13.1 Å². The van der Waals surface area contributed by atoms with E-state index in [1.165, 1.54) is 16.5 Å². The maximum Gasteiger partial charge on any atom is 0.309 e. The minimum absolute atomic E-state index is 0.0316. The number of aromatic amines is 1. The third-order valence-electron chi connectivity index (χ3n) is 3.97. The number of nitrogens with one attached hydrogen (secondary N) is 1. The van der Waals surface area contributed by atoms with E-state index >= 15 is 0 Å². The van der Waals surface area contributed by atoms with Gasteiger partial charge in [-0.1, -0.05) is 18.2 Å². The average molecular weight is 269 g/mol. The van der Waals surface area contributed by atoms with Crippen molar-refractivity contribution in [3.05, 3.63) is 42.1 Å². The first-order chi connectivity index (χ1) is 9.79. The second-order valence-electron chi connectivity index (χ2n) is 5.20. The lowest BCUT2D eigenvalue weighted by molar-refractivity contribution is -0.148. The number of hydrogen-bond donors (Lipinski definition) is 1. The van der Waals surface area contributed by atoms with Gasteiger partial charge in [-0.15, -0.1) is 0 Å². The second-order valence-corrected chi connectivity index (χ2v) is 5.20. The van der Waals surface area contributed by atoms with Gasteiger partial charge in [0.2, 0.25) is 0 Å². The molecule has 0 saturated carbocycles. The van der Waals surface area contributed by atoms with Gasteiger partial charge in [0.15, 0.2) is 0 Å². The van der Waals surface area contributed by atoms with E-state index in [0.717, 1.165) is 24.8 Å². The van der Waals surface area contributed by atoms with Crippen LogP contribution in [0.15, 0.2) is 36.5 Å². The lowest BCUT2D eigenvalue weighted by atomic mass is 9.86. The van der Waals surface area contributed by atoms with Crippen LogP contribution in [-0.2, 0) is 9.53 Å². The summed E-state index contributed by atoms with van der Waals surface area (Å²) in [6.45, 7) is 2.32. The first kappa shape index (κ1) is 13.0. The van der Waals surface area contributed by atoms with E-state index in [4.69, 9.17) is 4.74 Å². The zero-order valence-corrected chi connectivity index (χ0v) is 11.7. The molecule has 1 aliphatic carbocycles. The molecule has 20 heavy (non-hydrogen) atoms. The van der Waals surface area contributed by atoms with Crippen LogP contribution in [0.3, 0.4) is 0 Å². The van der Waals surface area contributed by atoms with Crippen molar-refractivity contribution in [2.24, 2.45) is 5.92 Å². The predicted molar refractivity (Wildman–Crippen MR) is 80.2 cm³/mol. The first-order valence-electron chi connectivity index (χ1n) is 7.21. The molecule has 1 N–H and O–H groups in total. The highest BCUT2D eigenvalue weighted by molar-refractivity contribution is 5.92. The number of carbonyl (C=O) groups excluding carboxylic acids is 1. The minimum Gasteiger partial charge on any atom is -0.466 e. The van der Waals surface area contributed by atoms with Crippen LogP contribution in [0.4, 0.5) is 0 Å². The molecule has 0 amide bonds. The van der Waals surface area contributed by atoms with Gasteiger partial charge in [0.25, 0.3) is 0 Å². The SMILES string of the molecule is CCOC(=O)C1CC=C(c2cccc3[nH]ccc23)CC1. The summed E-state index contributed by atoms with van der Waals surface area (Å²) in [6, 6.07) is 8.44. The van der Waals surface area contributed by atoms with Crippen molar-refractivity contribution in [2.45, 2.75) is 26.2 Å². The standard InChI is InChI=1S/C17H19NO2/c1-2-20-17(19)13-8-6-12(7-9-13)14-4-3-5-16-15(14)10-11-18-16/h3-6,10-11,13,18H,2,7-9H2,1H3. The minimum atomic E-state index is -0.0531. The number of carbonyl (C=O) groups is 1. The fourth-order valence-electron chi connectivity index (χ4n) is 2.92. The topological polar surface area (TPSA) is 42.1 Å². The number of benzene rings is 1. The van der Waals surface area contributed by atoms with E-state index in [-0.39, 0.29) is 11.9 Å². The van der Waals surface area contributed by atoms with E-state index in [0.29, 0.717) is 6.61 Å². The van der Waals surface area contributed by atoms with E-state index in [1.54, 1.807) is 0 Å². The average Bonchev–Trinajstić information content (AvgIpc) is 2.96. The molecule has 1 aliphatic rings. The molecule has 0 aliphatic heterocycles. The fraction of sp³-hybridized carbons (Fsp3) is 0.353. The lowest BCUT2D eigenvalue weighted by Crippen LogP contribution is -2.19. The Morgan fingerprint density at radius 1 is 1.40 bits per heavy atom. The van der Waals surface area contributed by atoms with Crippen LogP contribution in [0.25, 0.3) is 16.5 Å². The quantitative estimate of drug-likeness (QED) is 0.858. The molecule has 0 radical (unpaired) electrons. The third-order valence-corrected chi connectivity index (χ3v) is 3.97. The zero-order chi connectivity index (χ0) is 13.9. The number of rotatable bonds is 3. The van der Waals surface area contributed by atoms with Crippen LogP contribution >= 0.6 is 0 Å². The van der Waals surface area contributed by atoms with E-state index in [2.05, 4.69) is 35.3 Å². The second kappa shape index (κ2) is 5.53. The zero-order valence-electron chi connectivity index (χ0n) is 11.7. The molecule has 2 aromatic rings. The van der Waals surface area contributed by atoms with Gasteiger partial charge >= 0.3 is 5.97 Å². The normalized spacial score (nSPS) is 18.9. The monoisotopic (exact) mass is 269 g/mol. The van der Waals surface area contributed by atoms with Crippen LogP contribution in [0.1, 0.15) is 31.7 Å². The molecular formula is C17H19NO2. The smallest absolute Gasteiger partial charge is 0.309 e. The molecule has 0 bridgehead atoms. The lowest BCUT2D eigenvalue weighted by Gasteiger charge is -2.21. The summed E-state index contributed by atoms with van der Waals surface area (Å²) in [5.74, 6) is -0.0215. The summed E-state index contributed by atoms with van der Waals surface area (Å²) >= 11 is 0. The highest BCUT2D eigenvalue weighted by Crippen LogP contribution is 2.34. The van der Waals surface area contributed by atoms with Gasteiger partial charge in [-0.2, -0.15) is 0 Å². The summed E-state index contributed by atoms with van der Waals surface area (Å²) in [4.78, 5) is 15.0. The van der Waals surface area contributed by atoms with Gasteiger partial charge in [-0.25, -0.2) is 0 Å². The van der Waals surface area contributed by atoms with Gasteiger partial charge < -0.3 is 9.72 Å². The van der Waals surface area contributed by atoms with Crippen LogP contribution in [0, 0.1) is 5.92 Å².